The number of amides is 1. The van der Waals surface area contributed by atoms with Gasteiger partial charge in [-0.1, -0.05) is 18.2 Å². The van der Waals surface area contributed by atoms with E-state index >= 15 is 0 Å². The molecule has 0 unspecified atom stereocenters. The summed E-state index contributed by atoms with van der Waals surface area (Å²) < 4.78 is 7.46. The number of benzene rings is 1. The lowest BCUT2D eigenvalue weighted by atomic mass is 10.2. The summed E-state index contributed by atoms with van der Waals surface area (Å²) in [6.45, 7) is 1.87. The van der Waals surface area contributed by atoms with E-state index in [2.05, 4.69) is 33.1 Å². The number of thiazole rings is 1. The molecular formula is C20H19N3O2S2. The zero-order valence-electron chi connectivity index (χ0n) is 14.8. The van der Waals surface area contributed by atoms with Crippen molar-refractivity contribution in [1.82, 2.24) is 14.9 Å². The summed E-state index contributed by atoms with van der Waals surface area (Å²) >= 11 is 3.11. The number of methoxy groups -OCH3 is 1. The molecule has 138 valence electrons. The van der Waals surface area contributed by atoms with Crippen LogP contribution < -0.4 is 5.32 Å². The van der Waals surface area contributed by atoms with E-state index < -0.39 is 0 Å². The standard InChI is InChI=1S/C20H19N3O2S2/c1-25-8-7-23-17-5-3-2-4-15(17)10-18(23)20-22-16(13-27-20)19(24)21-11-14-6-9-26-12-14/h2-6,9-10,12-13H,7-8,11H2,1H3,(H,21,24). The highest BCUT2D eigenvalue weighted by molar-refractivity contribution is 7.13. The van der Waals surface area contributed by atoms with Crippen LogP contribution in [0.15, 0.2) is 52.5 Å². The highest BCUT2D eigenvalue weighted by atomic mass is 32.1. The predicted molar refractivity (Wildman–Crippen MR) is 110 cm³/mol. The first-order chi connectivity index (χ1) is 13.3. The van der Waals surface area contributed by atoms with Crippen LogP contribution in [-0.2, 0) is 17.8 Å². The Labute approximate surface area is 165 Å². The Morgan fingerprint density at radius 2 is 2.15 bits per heavy atom. The van der Waals surface area contributed by atoms with Crippen molar-refractivity contribution in [2.75, 3.05) is 13.7 Å². The third kappa shape index (κ3) is 3.80. The van der Waals surface area contributed by atoms with Crippen LogP contribution in [0.1, 0.15) is 16.1 Å². The highest BCUT2D eigenvalue weighted by Crippen LogP contribution is 2.30. The molecule has 1 amide bonds. The molecule has 4 rings (SSSR count). The molecule has 1 N–H and O–H groups in total. The summed E-state index contributed by atoms with van der Waals surface area (Å²) in [5, 5.41) is 10.8. The van der Waals surface area contributed by atoms with Crippen LogP contribution in [0.4, 0.5) is 0 Å². The molecular weight excluding hydrogens is 378 g/mol. The Bertz CT molecular complexity index is 1050. The van der Waals surface area contributed by atoms with Crippen LogP contribution >= 0.6 is 22.7 Å². The predicted octanol–water partition coefficient (Wildman–Crippen LogP) is 4.40. The molecule has 3 aromatic heterocycles. The number of hydrogen-bond acceptors (Lipinski definition) is 5. The maximum absolute atomic E-state index is 12.4. The monoisotopic (exact) mass is 397 g/mol. The molecule has 0 spiro atoms. The number of fused-ring (bicyclic) bond motifs is 1. The zero-order chi connectivity index (χ0) is 18.6. The van der Waals surface area contributed by atoms with Gasteiger partial charge in [0.2, 0.25) is 0 Å². The number of ether oxygens (including phenoxy) is 1. The molecule has 0 saturated carbocycles. The fraction of sp³-hybridized carbons (Fsp3) is 0.200. The van der Waals surface area contributed by atoms with Crippen LogP contribution in [0.2, 0.25) is 0 Å². The van der Waals surface area contributed by atoms with E-state index in [0.717, 1.165) is 33.7 Å². The van der Waals surface area contributed by atoms with Crippen LogP contribution in [0, 0.1) is 0 Å². The van der Waals surface area contributed by atoms with Gasteiger partial charge < -0.3 is 14.6 Å². The van der Waals surface area contributed by atoms with E-state index in [4.69, 9.17) is 4.74 Å². The second kappa shape index (κ2) is 8.04. The first-order valence-electron chi connectivity index (χ1n) is 8.58. The van der Waals surface area contributed by atoms with E-state index in [1.807, 2.05) is 34.3 Å². The fourth-order valence-electron chi connectivity index (χ4n) is 2.97. The Balaban J connectivity index is 1.59. The van der Waals surface area contributed by atoms with E-state index in [1.165, 1.54) is 11.3 Å². The van der Waals surface area contributed by atoms with Crippen molar-refractivity contribution in [3.05, 3.63) is 63.8 Å². The molecule has 7 heteroatoms. The summed E-state index contributed by atoms with van der Waals surface area (Å²) in [4.78, 5) is 17.0. The summed E-state index contributed by atoms with van der Waals surface area (Å²) in [6.07, 6.45) is 0. The molecule has 27 heavy (non-hydrogen) atoms. The Morgan fingerprint density at radius 1 is 1.26 bits per heavy atom. The maximum Gasteiger partial charge on any atom is 0.271 e. The number of nitrogens with one attached hydrogen (secondary N) is 1. The zero-order valence-corrected chi connectivity index (χ0v) is 16.5. The molecule has 0 fully saturated rings. The molecule has 0 radical (unpaired) electrons. The van der Waals surface area contributed by atoms with E-state index in [0.29, 0.717) is 18.8 Å². The Hall–Kier alpha value is -2.48. The first kappa shape index (κ1) is 17.9. The summed E-state index contributed by atoms with van der Waals surface area (Å²) in [6, 6.07) is 12.4. The summed E-state index contributed by atoms with van der Waals surface area (Å²) in [5.41, 5.74) is 3.70. The minimum Gasteiger partial charge on any atom is -0.383 e. The number of rotatable bonds is 7. The van der Waals surface area contributed by atoms with Gasteiger partial charge in [-0.05, 0) is 34.5 Å². The van der Waals surface area contributed by atoms with Crippen molar-refractivity contribution in [2.45, 2.75) is 13.1 Å². The smallest absolute Gasteiger partial charge is 0.271 e. The van der Waals surface area contributed by atoms with Crippen LogP contribution in [0.5, 0.6) is 0 Å². The van der Waals surface area contributed by atoms with Gasteiger partial charge in [-0.3, -0.25) is 4.79 Å². The molecule has 1 aromatic carbocycles. The van der Waals surface area contributed by atoms with Crippen LogP contribution in [-0.4, -0.2) is 29.2 Å². The molecule has 0 aliphatic rings. The minimum atomic E-state index is -0.150. The van der Waals surface area contributed by atoms with Gasteiger partial charge in [0.25, 0.3) is 5.91 Å². The SMILES string of the molecule is COCCn1c(-c2nc(C(=O)NCc3ccsc3)cs2)cc2ccccc21. The molecule has 0 aliphatic carbocycles. The first-order valence-corrected chi connectivity index (χ1v) is 10.4. The number of carbonyl (C=O) groups is 1. The number of para-hydroxylation sites is 1. The fourth-order valence-corrected chi connectivity index (χ4v) is 4.47. The van der Waals surface area contributed by atoms with Crippen LogP contribution in [0.25, 0.3) is 21.6 Å². The normalized spacial score (nSPS) is 11.1. The van der Waals surface area contributed by atoms with Crippen molar-refractivity contribution < 1.29 is 9.53 Å². The summed E-state index contributed by atoms with van der Waals surface area (Å²) in [7, 11) is 1.70. The quantitative estimate of drug-likeness (QED) is 0.503. The molecule has 4 aromatic rings. The van der Waals surface area contributed by atoms with Gasteiger partial charge >= 0.3 is 0 Å². The third-order valence-electron chi connectivity index (χ3n) is 4.32. The number of thiophene rings is 1. The topological polar surface area (TPSA) is 56.2 Å². The lowest BCUT2D eigenvalue weighted by Crippen LogP contribution is -2.22. The average molecular weight is 398 g/mol. The molecule has 0 saturated heterocycles. The van der Waals surface area contributed by atoms with Crippen molar-refractivity contribution in [1.29, 1.82) is 0 Å². The maximum atomic E-state index is 12.4. The number of carbonyl (C=O) groups excluding carboxylic acids is 1. The molecule has 0 aliphatic heterocycles. The van der Waals surface area contributed by atoms with E-state index in [1.54, 1.807) is 18.4 Å². The van der Waals surface area contributed by atoms with Gasteiger partial charge in [0.05, 0.1) is 12.3 Å². The lowest BCUT2D eigenvalue weighted by molar-refractivity contribution is 0.0946. The average Bonchev–Trinajstić information content (AvgIpc) is 3.44. The van der Waals surface area contributed by atoms with Crippen molar-refractivity contribution in [2.24, 2.45) is 0 Å². The molecule has 0 atom stereocenters. The van der Waals surface area contributed by atoms with E-state index in [9.17, 15) is 4.79 Å². The van der Waals surface area contributed by atoms with Gasteiger partial charge in [-0.25, -0.2) is 4.98 Å². The van der Waals surface area contributed by atoms with E-state index in [-0.39, 0.29) is 5.91 Å². The molecule has 5 nitrogen and oxygen atoms in total. The number of aromatic nitrogens is 2. The molecule has 0 bridgehead atoms. The minimum absolute atomic E-state index is 0.150. The van der Waals surface area contributed by atoms with Gasteiger partial charge in [0.15, 0.2) is 0 Å². The molecule has 3 heterocycles. The summed E-state index contributed by atoms with van der Waals surface area (Å²) in [5.74, 6) is -0.150. The Kier molecular flexibility index (Phi) is 5.33. The van der Waals surface area contributed by atoms with Crippen molar-refractivity contribution >= 4 is 39.5 Å². The number of nitrogens with zero attached hydrogens (tertiary/aromatic N) is 2. The highest BCUT2D eigenvalue weighted by Gasteiger charge is 2.16. The van der Waals surface area contributed by atoms with Crippen LogP contribution in [0.3, 0.4) is 0 Å². The number of hydrogen-bond donors (Lipinski definition) is 1. The van der Waals surface area contributed by atoms with Gasteiger partial charge in [0, 0.05) is 36.5 Å². The van der Waals surface area contributed by atoms with Crippen molar-refractivity contribution in [3.8, 4) is 10.7 Å². The van der Waals surface area contributed by atoms with Crippen molar-refractivity contribution in [3.63, 3.8) is 0 Å². The lowest BCUT2D eigenvalue weighted by Gasteiger charge is -2.08. The second-order valence-corrected chi connectivity index (χ2v) is 7.72. The largest absolute Gasteiger partial charge is 0.383 e. The van der Waals surface area contributed by atoms with Gasteiger partial charge in [-0.15, -0.1) is 11.3 Å². The Morgan fingerprint density at radius 3 is 2.96 bits per heavy atom. The van der Waals surface area contributed by atoms with Gasteiger partial charge in [-0.2, -0.15) is 11.3 Å². The van der Waals surface area contributed by atoms with Gasteiger partial charge in [0.1, 0.15) is 10.7 Å². The third-order valence-corrected chi connectivity index (χ3v) is 5.92. The second-order valence-electron chi connectivity index (χ2n) is 6.09.